The molecule has 0 saturated heterocycles. The standard InChI is InChI=1S/C15H16N2O/c1-10-6-11(2)8-14(7-10)17-15(18)13-4-5-16-12(3)9-13/h4-9H,1-3H3,(H,17,18). The van der Waals surface area contributed by atoms with Gasteiger partial charge < -0.3 is 5.32 Å². The molecule has 0 aliphatic carbocycles. The third-order valence-corrected chi connectivity index (χ3v) is 2.64. The third-order valence-electron chi connectivity index (χ3n) is 2.64. The van der Waals surface area contributed by atoms with Crippen molar-refractivity contribution < 1.29 is 4.79 Å². The van der Waals surface area contributed by atoms with Gasteiger partial charge in [-0.15, -0.1) is 0 Å². The Morgan fingerprint density at radius 1 is 1.06 bits per heavy atom. The number of hydrogen-bond donors (Lipinski definition) is 1. The topological polar surface area (TPSA) is 42.0 Å². The van der Waals surface area contributed by atoms with Gasteiger partial charge in [-0.3, -0.25) is 9.78 Å². The maximum absolute atomic E-state index is 12.1. The average Bonchev–Trinajstić information content (AvgIpc) is 2.27. The first-order valence-electron chi connectivity index (χ1n) is 5.87. The zero-order valence-corrected chi connectivity index (χ0v) is 10.8. The molecule has 0 aliphatic heterocycles. The molecule has 0 atom stereocenters. The first-order valence-corrected chi connectivity index (χ1v) is 5.87. The van der Waals surface area contributed by atoms with Gasteiger partial charge in [0.05, 0.1) is 0 Å². The SMILES string of the molecule is Cc1cc(C)cc(NC(=O)c2ccnc(C)c2)c1. The zero-order valence-electron chi connectivity index (χ0n) is 10.8. The van der Waals surface area contributed by atoms with Crippen molar-refractivity contribution in [2.45, 2.75) is 20.8 Å². The van der Waals surface area contributed by atoms with Crippen LogP contribution in [-0.4, -0.2) is 10.9 Å². The summed E-state index contributed by atoms with van der Waals surface area (Å²) in [6, 6.07) is 9.48. The molecular formula is C15H16N2O. The predicted octanol–water partition coefficient (Wildman–Crippen LogP) is 3.26. The number of nitrogens with zero attached hydrogens (tertiary/aromatic N) is 1. The van der Waals surface area contributed by atoms with Gasteiger partial charge >= 0.3 is 0 Å². The fraction of sp³-hybridized carbons (Fsp3) is 0.200. The van der Waals surface area contributed by atoms with Gasteiger partial charge in [-0.1, -0.05) is 6.07 Å². The Morgan fingerprint density at radius 3 is 2.33 bits per heavy atom. The molecule has 92 valence electrons. The third kappa shape index (κ3) is 2.94. The quantitative estimate of drug-likeness (QED) is 0.875. The van der Waals surface area contributed by atoms with Crippen molar-refractivity contribution in [2.24, 2.45) is 0 Å². The summed E-state index contributed by atoms with van der Waals surface area (Å²) < 4.78 is 0. The Bertz CT molecular complexity index is 571. The molecule has 3 nitrogen and oxygen atoms in total. The van der Waals surface area contributed by atoms with E-state index < -0.39 is 0 Å². The average molecular weight is 240 g/mol. The van der Waals surface area contributed by atoms with Crippen molar-refractivity contribution in [2.75, 3.05) is 5.32 Å². The second-order valence-corrected chi connectivity index (χ2v) is 4.52. The van der Waals surface area contributed by atoms with E-state index in [4.69, 9.17) is 0 Å². The molecule has 1 aromatic carbocycles. The minimum atomic E-state index is -0.106. The lowest BCUT2D eigenvalue weighted by Crippen LogP contribution is -2.12. The van der Waals surface area contributed by atoms with Crippen molar-refractivity contribution in [3.63, 3.8) is 0 Å². The Hall–Kier alpha value is -2.16. The van der Waals surface area contributed by atoms with E-state index in [1.54, 1.807) is 18.3 Å². The number of aryl methyl sites for hydroxylation is 3. The van der Waals surface area contributed by atoms with E-state index in [-0.39, 0.29) is 5.91 Å². The van der Waals surface area contributed by atoms with E-state index in [1.165, 1.54) is 0 Å². The highest BCUT2D eigenvalue weighted by molar-refractivity contribution is 6.04. The Balaban J connectivity index is 2.21. The highest BCUT2D eigenvalue weighted by Crippen LogP contribution is 2.15. The molecule has 2 rings (SSSR count). The Labute approximate surface area is 107 Å². The van der Waals surface area contributed by atoms with Crippen molar-refractivity contribution >= 4 is 11.6 Å². The number of rotatable bonds is 2. The second-order valence-electron chi connectivity index (χ2n) is 4.52. The van der Waals surface area contributed by atoms with Gasteiger partial charge in [-0.2, -0.15) is 0 Å². The fourth-order valence-corrected chi connectivity index (χ4v) is 1.94. The molecule has 0 bridgehead atoms. The maximum Gasteiger partial charge on any atom is 0.255 e. The lowest BCUT2D eigenvalue weighted by atomic mass is 10.1. The van der Waals surface area contributed by atoms with Crippen LogP contribution < -0.4 is 5.32 Å². The molecular weight excluding hydrogens is 224 g/mol. The molecule has 0 fully saturated rings. The summed E-state index contributed by atoms with van der Waals surface area (Å²) in [5.41, 5.74) is 4.56. The summed E-state index contributed by atoms with van der Waals surface area (Å²) in [5.74, 6) is -0.106. The lowest BCUT2D eigenvalue weighted by Gasteiger charge is -2.07. The number of benzene rings is 1. The second kappa shape index (κ2) is 5.00. The molecule has 0 saturated carbocycles. The van der Waals surface area contributed by atoms with E-state index in [0.717, 1.165) is 22.5 Å². The lowest BCUT2D eigenvalue weighted by molar-refractivity contribution is 0.102. The van der Waals surface area contributed by atoms with Crippen LogP contribution >= 0.6 is 0 Å². The first-order chi connectivity index (χ1) is 8.54. The van der Waals surface area contributed by atoms with Crippen molar-refractivity contribution in [3.8, 4) is 0 Å². The molecule has 0 aliphatic rings. The van der Waals surface area contributed by atoms with Crippen LogP contribution in [0.15, 0.2) is 36.5 Å². The number of carbonyl (C=O) groups excluding carboxylic acids is 1. The molecule has 3 heteroatoms. The number of aromatic nitrogens is 1. The summed E-state index contributed by atoms with van der Waals surface area (Å²) in [6.07, 6.45) is 1.64. The molecule has 0 spiro atoms. The molecule has 0 unspecified atom stereocenters. The normalized spacial score (nSPS) is 10.2. The van der Waals surface area contributed by atoms with Gasteiger partial charge in [0.25, 0.3) is 5.91 Å². The first kappa shape index (κ1) is 12.3. The highest BCUT2D eigenvalue weighted by atomic mass is 16.1. The minimum absolute atomic E-state index is 0.106. The van der Waals surface area contributed by atoms with Crippen LogP contribution in [0.2, 0.25) is 0 Å². The van der Waals surface area contributed by atoms with Crippen LogP contribution in [0.4, 0.5) is 5.69 Å². The van der Waals surface area contributed by atoms with Crippen LogP contribution in [0.25, 0.3) is 0 Å². The summed E-state index contributed by atoms with van der Waals surface area (Å²) in [7, 11) is 0. The minimum Gasteiger partial charge on any atom is -0.322 e. The van der Waals surface area contributed by atoms with Crippen LogP contribution in [0, 0.1) is 20.8 Å². The van der Waals surface area contributed by atoms with Crippen LogP contribution in [0.1, 0.15) is 27.2 Å². The van der Waals surface area contributed by atoms with E-state index in [9.17, 15) is 4.79 Å². The Kier molecular flexibility index (Phi) is 3.42. The van der Waals surface area contributed by atoms with Gasteiger partial charge in [0, 0.05) is 23.1 Å². The largest absolute Gasteiger partial charge is 0.322 e. The monoisotopic (exact) mass is 240 g/mol. The van der Waals surface area contributed by atoms with Crippen molar-refractivity contribution in [3.05, 3.63) is 58.9 Å². The predicted molar refractivity (Wildman–Crippen MR) is 72.8 cm³/mol. The number of hydrogen-bond acceptors (Lipinski definition) is 2. The van der Waals surface area contributed by atoms with Crippen LogP contribution in [-0.2, 0) is 0 Å². The molecule has 1 heterocycles. The van der Waals surface area contributed by atoms with E-state index in [1.807, 2.05) is 32.9 Å². The number of pyridine rings is 1. The van der Waals surface area contributed by atoms with Crippen molar-refractivity contribution in [1.29, 1.82) is 0 Å². The molecule has 1 aromatic heterocycles. The van der Waals surface area contributed by atoms with Gasteiger partial charge in [0.1, 0.15) is 0 Å². The fourth-order valence-electron chi connectivity index (χ4n) is 1.94. The molecule has 1 amide bonds. The highest BCUT2D eigenvalue weighted by Gasteiger charge is 2.06. The molecule has 18 heavy (non-hydrogen) atoms. The molecule has 1 N–H and O–H groups in total. The summed E-state index contributed by atoms with van der Waals surface area (Å²) in [4.78, 5) is 16.1. The van der Waals surface area contributed by atoms with Gasteiger partial charge in [-0.05, 0) is 56.2 Å². The number of nitrogens with one attached hydrogen (secondary N) is 1. The summed E-state index contributed by atoms with van der Waals surface area (Å²) in [6.45, 7) is 5.89. The van der Waals surface area contributed by atoms with Crippen LogP contribution in [0.5, 0.6) is 0 Å². The smallest absolute Gasteiger partial charge is 0.255 e. The number of anilines is 1. The van der Waals surface area contributed by atoms with Gasteiger partial charge in [-0.25, -0.2) is 0 Å². The molecule has 0 radical (unpaired) electrons. The maximum atomic E-state index is 12.1. The molecule has 2 aromatic rings. The van der Waals surface area contributed by atoms with E-state index in [0.29, 0.717) is 5.56 Å². The number of carbonyl (C=O) groups is 1. The van der Waals surface area contributed by atoms with Gasteiger partial charge in [0.2, 0.25) is 0 Å². The summed E-state index contributed by atoms with van der Waals surface area (Å²) in [5, 5.41) is 2.90. The zero-order chi connectivity index (χ0) is 13.1. The summed E-state index contributed by atoms with van der Waals surface area (Å²) >= 11 is 0. The van der Waals surface area contributed by atoms with Crippen molar-refractivity contribution in [1.82, 2.24) is 4.98 Å². The van der Waals surface area contributed by atoms with Crippen LogP contribution in [0.3, 0.4) is 0 Å². The Morgan fingerprint density at radius 2 is 1.72 bits per heavy atom. The van der Waals surface area contributed by atoms with Gasteiger partial charge in [0.15, 0.2) is 0 Å². The van der Waals surface area contributed by atoms with E-state index in [2.05, 4.69) is 16.4 Å². The number of amides is 1. The van der Waals surface area contributed by atoms with E-state index >= 15 is 0 Å².